The maximum atomic E-state index is 13.7. The summed E-state index contributed by atoms with van der Waals surface area (Å²) in [6.07, 6.45) is 0. The second-order valence-electron chi connectivity index (χ2n) is 9.03. The minimum absolute atomic E-state index is 0.0792. The molecule has 1 atom stereocenters. The van der Waals surface area contributed by atoms with E-state index in [2.05, 4.69) is 16.4 Å². The molecule has 0 unspecified atom stereocenters. The molecule has 0 radical (unpaired) electrons. The van der Waals surface area contributed by atoms with Crippen LogP contribution in [0.25, 0.3) is 22.2 Å². The zero-order chi connectivity index (χ0) is 25.4. The zero-order valence-electron chi connectivity index (χ0n) is 20.3. The quantitative estimate of drug-likeness (QED) is 0.307. The Kier molecular flexibility index (Phi) is 5.69. The van der Waals surface area contributed by atoms with Crippen molar-refractivity contribution >= 4 is 28.4 Å². The van der Waals surface area contributed by atoms with E-state index in [1.54, 1.807) is 12.0 Å². The van der Waals surface area contributed by atoms with Crippen LogP contribution in [0.15, 0.2) is 103 Å². The Morgan fingerprint density at radius 1 is 0.919 bits per heavy atom. The number of aromatic nitrogens is 1. The first-order valence-electron chi connectivity index (χ1n) is 12.1. The molecule has 37 heavy (non-hydrogen) atoms. The van der Waals surface area contributed by atoms with Crippen LogP contribution in [0.1, 0.15) is 27.5 Å². The summed E-state index contributed by atoms with van der Waals surface area (Å²) in [4.78, 5) is 32.1. The van der Waals surface area contributed by atoms with Crippen LogP contribution in [0.2, 0.25) is 0 Å². The number of hydrogen-bond donors (Lipinski definition) is 2. The molecule has 1 aliphatic rings. The smallest absolute Gasteiger partial charge is 0.255 e. The average molecular weight is 488 g/mol. The minimum atomic E-state index is -0.442. The van der Waals surface area contributed by atoms with Crippen LogP contribution in [0.4, 0.5) is 5.69 Å². The van der Waals surface area contributed by atoms with Crippen molar-refractivity contribution in [1.29, 1.82) is 0 Å². The van der Waals surface area contributed by atoms with Gasteiger partial charge in [-0.2, -0.15) is 0 Å². The third-order valence-corrected chi connectivity index (χ3v) is 6.81. The molecule has 0 aliphatic carbocycles. The third-order valence-electron chi connectivity index (χ3n) is 6.81. The second kappa shape index (κ2) is 9.32. The summed E-state index contributed by atoms with van der Waals surface area (Å²) in [5.74, 6) is 0.329. The van der Waals surface area contributed by atoms with Crippen molar-refractivity contribution in [3.05, 3.63) is 120 Å². The van der Waals surface area contributed by atoms with Crippen molar-refractivity contribution in [2.45, 2.75) is 6.04 Å². The van der Waals surface area contributed by atoms with E-state index in [-0.39, 0.29) is 18.4 Å². The highest BCUT2D eigenvalue weighted by atomic mass is 16.5. The lowest BCUT2D eigenvalue weighted by Gasteiger charge is -2.26. The van der Waals surface area contributed by atoms with Crippen LogP contribution in [0.3, 0.4) is 0 Å². The van der Waals surface area contributed by atoms with E-state index in [9.17, 15) is 9.59 Å². The summed E-state index contributed by atoms with van der Waals surface area (Å²) < 4.78 is 5.49. The first-order valence-corrected chi connectivity index (χ1v) is 12.1. The minimum Gasteiger partial charge on any atom is -0.497 e. The Morgan fingerprint density at radius 2 is 1.68 bits per heavy atom. The van der Waals surface area contributed by atoms with Crippen LogP contribution in [0.5, 0.6) is 5.75 Å². The number of rotatable bonds is 6. The van der Waals surface area contributed by atoms with Crippen LogP contribution >= 0.6 is 0 Å². The molecule has 6 nitrogen and oxygen atoms in total. The molecule has 0 saturated heterocycles. The maximum Gasteiger partial charge on any atom is 0.255 e. The van der Waals surface area contributed by atoms with Crippen molar-refractivity contribution in [2.75, 3.05) is 19.0 Å². The van der Waals surface area contributed by atoms with Crippen LogP contribution < -0.4 is 10.1 Å². The van der Waals surface area contributed by atoms with Crippen molar-refractivity contribution in [3.8, 4) is 17.0 Å². The molecule has 6 rings (SSSR count). The van der Waals surface area contributed by atoms with Gasteiger partial charge in [0, 0.05) is 33.3 Å². The highest BCUT2D eigenvalue weighted by molar-refractivity contribution is 6.05. The van der Waals surface area contributed by atoms with Gasteiger partial charge in [-0.25, -0.2) is 0 Å². The number of carbonyl (C=O) groups is 2. The number of amides is 2. The fourth-order valence-electron chi connectivity index (χ4n) is 5.18. The number of H-pyrrole nitrogens is 1. The predicted octanol–water partition coefficient (Wildman–Crippen LogP) is 6.03. The van der Waals surface area contributed by atoms with Crippen molar-refractivity contribution in [2.24, 2.45) is 0 Å². The molecule has 5 aromatic rings. The second-order valence-corrected chi connectivity index (χ2v) is 9.03. The van der Waals surface area contributed by atoms with Crippen LogP contribution in [0, 0.1) is 0 Å². The Hall–Kier alpha value is -4.84. The lowest BCUT2D eigenvalue weighted by Crippen LogP contribution is -2.36. The molecule has 2 heterocycles. The number of benzene rings is 4. The summed E-state index contributed by atoms with van der Waals surface area (Å²) >= 11 is 0. The molecular formula is C31H25N3O3. The molecule has 4 aromatic carbocycles. The standard InChI is InChI=1S/C31H25N3O3/c1-37-22-13-9-10-20(18-22)29-28(25-16-7-8-17-26(25)33-29)30-23-14-5-6-15-24(23)31(36)34(30)19-27(35)32-21-11-3-2-4-12-21/h2-18,30,33H,19H2,1H3,(H,32,35)/t30-/m0/s1. The summed E-state index contributed by atoms with van der Waals surface area (Å²) in [5.41, 5.74) is 5.93. The number of aromatic amines is 1. The SMILES string of the molecule is COc1cccc(-c2[nH]c3ccccc3c2[C@@H]2c3ccccc3C(=O)N2CC(=O)Nc2ccccc2)c1. The molecular weight excluding hydrogens is 462 g/mol. The van der Waals surface area contributed by atoms with Crippen LogP contribution in [-0.4, -0.2) is 35.4 Å². The van der Waals surface area contributed by atoms with Gasteiger partial charge >= 0.3 is 0 Å². The Morgan fingerprint density at radius 3 is 2.51 bits per heavy atom. The van der Waals surface area contributed by atoms with Gasteiger partial charge in [-0.1, -0.05) is 66.7 Å². The Bertz CT molecular complexity index is 1620. The van der Waals surface area contributed by atoms with Crippen molar-refractivity contribution in [1.82, 2.24) is 9.88 Å². The molecule has 0 fully saturated rings. The average Bonchev–Trinajstić information content (AvgIpc) is 3.44. The van der Waals surface area contributed by atoms with Crippen molar-refractivity contribution < 1.29 is 14.3 Å². The molecule has 0 spiro atoms. The first-order chi connectivity index (χ1) is 18.1. The fourth-order valence-corrected chi connectivity index (χ4v) is 5.18. The number of methoxy groups -OCH3 is 1. The lowest BCUT2D eigenvalue weighted by atomic mass is 9.93. The van der Waals surface area contributed by atoms with Gasteiger partial charge < -0.3 is 19.9 Å². The Labute approximate surface area is 214 Å². The molecule has 0 saturated carbocycles. The molecule has 182 valence electrons. The summed E-state index contributed by atoms with van der Waals surface area (Å²) in [6, 6.07) is 32.3. The molecule has 1 aliphatic heterocycles. The first kappa shape index (κ1) is 22.6. The largest absolute Gasteiger partial charge is 0.497 e. The number of nitrogens with one attached hydrogen (secondary N) is 2. The number of anilines is 1. The molecule has 1 aromatic heterocycles. The van der Waals surface area contributed by atoms with Gasteiger partial charge in [-0.05, 0) is 42.0 Å². The monoisotopic (exact) mass is 487 g/mol. The topological polar surface area (TPSA) is 74.4 Å². The van der Waals surface area contributed by atoms with E-state index in [1.165, 1.54) is 0 Å². The number of nitrogens with zero attached hydrogens (tertiary/aromatic N) is 1. The van der Waals surface area contributed by atoms with Gasteiger partial charge in [0.05, 0.1) is 18.8 Å². The van der Waals surface area contributed by atoms with Crippen LogP contribution in [-0.2, 0) is 4.79 Å². The number of carbonyl (C=O) groups excluding carboxylic acids is 2. The molecule has 2 amide bonds. The number of fused-ring (bicyclic) bond motifs is 2. The summed E-state index contributed by atoms with van der Waals surface area (Å²) in [7, 11) is 1.64. The summed E-state index contributed by atoms with van der Waals surface area (Å²) in [6.45, 7) is -0.0792. The normalized spacial score (nSPS) is 14.6. The van der Waals surface area contributed by atoms with E-state index < -0.39 is 6.04 Å². The van der Waals surface area contributed by atoms with Crippen molar-refractivity contribution in [3.63, 3.8) is 0 Å². The fraction of sp³-hybridized carbons (Fsp3) is 0.0968. The summed E-state index contributed by atoms with van der Waals surface area (Å²) in [5, 5.41) is 3.93. The van der Waals surface area contributed by atoms with Gasteiger partial charge in [-0.3, -0.25) is 9.59 Å². The van der Waals surface area contributed by atoms with Gasteiger partial charge in [0.1, 0.15) is 12.3 Å². The Balaban J connectivity index is 1.50. The predicted molar refractivity (Wildman–Crippen MR) is 145 cm³/mol. The third kappa shape index (κ3) is 4.02. The van der Waals surface area contributed by atoms with Gasteiger partial charge in [0.25, 0.3) is 5.91 Å². The molecule has 6 heteroatoms. The van der Waals surface area contributed by atoms with E-state index in [1.807, 2.05) is 97.1 Å². The van der Waals surface area contributed by atoms with Gasteiger partial charge in [-0.15, -0.1) is 0 Å². The molecule has 2 N–H and O–H groups in total. The van der Waals surface area contributed by atoms with Gasteiger partial charge in [0.15, 0.2) is 0 Å². The zero-order valence-corrected chi connectivity index (χ0v) is 20.3. The maximum absolute atomic E-state index is 13.7. The lowest BCUT2D eigenvalue weighted by molar-refractivity contribution is -0.117. The molecule has 0 bridgehead atoms. The number of ether oxygens (including phenoxy) is 1. The van der Waals surface area contributed by atoms with E-state index in [4.69, 9.17) is 4.74 Å². The van der Waals surface area contributed by atoms with E-state index in [0.29, 0.717) is 11.3 Å². The van der Waals surface area contributed by atoms with Gasteiger partial charge in [0.2, 0.25) is 5.91 Å². The number of para-hydroxylation sites is 2. The van der Waals surface area contributed by atoms with E-state index >= 15 is 0 Å². The number of hydrogen-bond acceptors (Lipinski definition) is 3. The highest BCUT2D eigenvalue weighted by Gasteiger charge is 2.41. The van der Waals surface area contributed by atoms with E-state index in [0.717, 1.165) is 39.0 Å². The highest BCUT2D eigenvalue weighted by Crippen LogP contribution is 2.45.